The Bertz CT molecular complexity index is 1180. The summed E-state index contributed by atoms with van der Waals surface area (Å²) in [5.74, 6) is 1.88. The van der Waals surface area contributed by atoms with E-state index in [0.717, 1.165) is 11.3 Å². The Morgan fingerprint density at radius 1 is 1.07 bits per heavy atom. The van der Waals surface area contributed by atoms with E-state index in [0.29, 0.717) is 35.0 Å². The van der Waals surface area contributed by atoms with E-state index >= 15 is 0 Å². The number of pyridine rings is 1. The normalized spacial score (nSPS) is 11.1. The van der Waals surface area contributed by atoms with Crippen LogP contribution in [0.25, 0.3) is 28.2 Å². The average molecular weight is 361 g/mol. The van der Waals surface area contributed by atoms with Gasteiger partial charge < -0.3 is 4.74 Å². The molecule has 0 radical (unpaired) electrons. The van der Waals surface area contributed by atoms with Crippen molar-refractivity contribution in [2.75, 3.05) is 6.61 Å². The number of nitrogens with zero attached hydrogens (tertiary/aromatic N) is 5. The Labute approximate surface area is 155 Å². The molecule has 7 heteroatoms. The van der Waals surface area contributed by atoms with E-state index in [-0.39, 0.29) is 5.56 Å². The maximum Gasteiger partial charge on any atom is 0.281 e. The molecule has 0 bridgehead atoms. The SMILES string of the molecule is CCOc1ccccc1-c1nc2c(C)n(-c3ccccn3)nc2c(=O)n1C. The van der Waals surface area contributed by atoms with Gasteiger partial charge in [-0.15, -0.1) is 0 Å². The molecule has 0 aliphatic heterocycles. The van der Waals surface area contributed by atoms with Crippen LogP contribution < -0.4 is 10.3 Å². The van der Waals surface area contributed by atoms with Gasteiger partial charge in [0, 0.05) is 13.2 Å². The molecule has 27 heavy (non-hydrogen) atoms. The fraction of sp³-hybridized carbons (Fsp3) is 0.200. The monoisotopic (exact) mass is 361 g/mol. The first-order chi connectivity index (χ1) is 13.1. The van der Waals surface area contributed by atoms with Crippen LogP contribution in [0.1, 0.15) is 12.6 Å². The number of fused-ring (bicyclic) bond motifs is 1. The maximum absolute atomic E-state index is 13.0. The lowest BCUT2D eigenvalue weighted by atomic mass is 10.1. The van der Waals surface area contributed by atoms with Crippen LogP contribution in [0.3, 0.4) is 0 Å². The van der Waals surface area contributed by atoms with Gasteiger partial charge in [-0.1, -0.05) is 18.2 Å². The second-order valence-electron chi connectivity index (χ2n) is 6.11. The lowest BCUT2D eigenvalue weighted by Crippen LogP contribution is -2.20. The van der Waals surface area contributed by atoms with Crippen molar-refractivity contribution in [2.45, 2.75) is 13.8 Å². The molecule has 0 amide bonds. The van der Waals surface area contributed by atoms with Gasteiger partial charge in [0.05, 0.1) is 17.9 Å². The lowest BCUT2D eigenvalue weighted by Gasteiger charge is -2.12. The summed E-state index contributed by atoms with van der Waals surface area (Å²) < 4.78 is 8.88. The molecule has 0 aliphatic carbocycles. The summed E-state index contributed by atoms with van der Waals surface area (Å²) in [5.41, 5.74) is 2.20. The molecule has 0 saturated heterocycles. The number of rotatable bonds is 4. The fourth-order valence-corrected chi connectivity index (χ4v) is 3.08. The number of para-hydroxylation sites is 1. The summed E-state index contributed by atoms with van der Waals surface area (Å²) in [7, 11) is 1.70. The van der Waals surface area contributed by atoms with Gasteiger partial charge in [0.2, 0.25) is 0 Å². The van der Waals surface area contributed by atoms with Crippen molar-refractivity contribution < 1.29 is 4.74 Å². The van der Waals surface area contributed by atoms with Gasteiger partial charge in [0.1, 0.15) is 17.1 Å². The minimum absolute atomic E-state index is 0.209. The number of aryl methyl sites for hydroxylation is 1. The molecular formula is C20H19N5O2. The topological polar surface area (TPSA) is 74.8 Å². The Balaban J connectivity index is 1.99. The fourth-order valence-electron chi connectivity index (χ4n) is 3.08. The number of hydrogen-bond acceptors (Lipinski definition) is 5. The van der Waals surface area contributed by atoms with Crippen molar-refractivity contribution in [3.8, 4) is 23.0 Å². The van der Waals surface area contributed by atoms with E-state index in [2.05, 4.69) is 10.1 Å². The van der Waals surface area contributed by atoms with Crippen molar-refractivity contribution in [3.63, 3.8) is 0 Å². The smallest absolute Gasteiger partial charge is 0.281 e. The highest BCUT2D eigenvalue weighted by molar-refractivity contribution is 5.80. The zero-order valence-electron chi connectivity index (χ0n) is 15.4. The van der Waals surface area contributed by atoms with Crippen molar-refractivity contribution in [2.24, 2.45) is 7.05 Å². The Morgan fingerprint density at radius 3 is 2.59 bits per heavy atom. The molecule has 0 N–H and O–H groups in total. The van der Waals surface area contributed by atoms with E-state index in [1.165, 1.54) is 4.57 Å². The molecule has 0 atom stereocenters. The van der Waals surface area contributed by atoms with Crippen LogP contribution in [-0.2, 0) is 7.05 Å². The van der Waals surface area contributed by atoms with E-state index in [4.69, 9.17) is 9.72 Å². The summed E-state index contributed by atoms with van der Waals surface area (Å²) in [6.45, 7) is 4.34. The molecule has 4 rings (SSSR count). The first-order valence-corrected chi connectivity index (χ1v) is 8.71. The third-order valence-corrected chi connectivity index (χ3v) is 4.42. The molecule has 0 unspecified atom stereocenters. The number of ether oxygens (including phenoxy) is 1. The summed E-state index contributed by atoms with van der Waals surface area (Å²) >= 11 is 0. The van der Waals surface area contributed by atoms with E-state index in [1.54, 1.807) is 17.9 Å². The Morgan fingerprint density at radius 2 is 1.85 bits per heavy atom. The molecule has 3 heterocycles. The van der Waals surface area contributed by atoms with Gasteiger partial charge >= 0.3 is 0 Å². The molecule has 3 aromatic heterocycles. The maximum atomic E-state index is 13.0. The molecular weight excluding hydrogens is 342 g/mol. The highest BCUT2D eigenvalue weighted by atomic mass is 16.5. The first kappa shape index (κ1) is 17.0. The van der Waals surface area contributed by atoms with Gasteiger partial charge in [0.15, 0.2) is 11.3 Å². The van der Waals surface area contributed by atoms with E-state index in [1.807, 2.05) is 56.3 Å². The zero-order chi connectivity index (χ0) is 19.0. The molecule has 1 aromatic carbocycles. The highest BCUT2D eigenvalue weighted by Crippen LogP contribution is 2.29. The van der Waals surface area contributed by atoms with Crippen molar-refractivity contribution in [1.29, 1.82) is 0 Å². The standard InChI is InChI=1S/C20H19N5O2/c1-4-27-15-10-6-5-9-14(15)19-22-17-13(2)25(16-11-7-8-12-21-16)23-18(17)20(26)24(19)3/h5-12H,4H2,1-3H3. The number of hydrogen-bond donors (Lipinski definition) is 0. The van der Waals surface area contributed by atoms with Crippen LogP contribution in [0, 0.1) is 6.92 Å². The zero-order valence-corrected chi connectivity index (χ0v) is 15.4. The lowest BCUT2D eigenvalue weighted by molar-refractivity contribution is 0.341. The number of aromatic nitrogens is 5. The predicted molar refractivity (Wildman–Crippen MR) is 103 cm³/mol. The first-order valence-electron chi connectivity index (χ1n) is 8.71. The Kier molecular flexibility index (Phi) is 4.19. The third kappa shape index (κ3) is 2.77. The molecule has 0 saturated carbocycles. The van der Waals surface area contributed by atoms with Crippen molar-refractivity contribution >= 4 is 11.0 Å². The highest BCUT2D eigenvalue weighted by Gasteiger charge is 2.19. The summed E-state index contributed by atoms with van der Waals surface area (Å²) in [6.07, 6.45) is 1.69. The van der Waals surface area contributed by atoms with Crippen LogP contribution in [-0.4, -0.2) is 30.9 Å². The van der Waals surface area contributed by atoms with Crippen LogP contribution in [0.4, 0.5) is 0 Å². The van der Waals surface area contributed by atoms with Gasteiger partial charge in [-0.2, -0.15) is 5.10 Å². The summed E-state index contributed by atoms with van der Waals surface area (Å²) in [5, 5.41) is 4.46. The van der Waals surface area contributed by atoms with Crippen molar-refractivity contribution in [3.05, 3.63) is 64.7 Å². The van der Waals surface area contributed by atoms with Crippen LogP contribution >= 0.6 is 0 Å². The van der Waals surface area contributed by atoms with Gasteiger partial charge in [-0.25, -0.2) is 14.6 Å². The molecule has 136 valence electrons. The molecule has 4 aromatic rings. The van der Waals surface area contributed by atoms with Crippen LogP contribution in [0.5, 0.6) is 5.75 Å². The second kappa shape index (κ2) is 6.68. The number of benzene rings is 1. The van der Waals surface area contributed by atoms with Gasteiger partial charge in [-0.05, 0) is 38.1 Å². The average Bonchev–Trinajstić information content (AvgIpc) is 3.03. The van der Waals surface area contributed by atoms with E-state index < -0.39 is 0 Å². The van der Waals surface area contributed by atoms with Gasteiger partial charge in [-0.3, -0.25) is 9.36 Å². The minimum Gasteiger partial charge on any atom is -0.493 e. The van der Waals surface area contributed by atoms with Crippen LogP contribution in [0.15, 0.2) is 53.5 Å². The molecule has 0 spiro atoms. The quantitative estimate of drug-likeness (QED) is 0.559. The van der Waals surface area contributed by atoms with E-state index in [9.17, 15) is 4.79 Å². The van der Waals surface area contributed by atoms with Gasteiger partial charge in [0.25, 0.3) is 5.56 Å². The van der Waals surface area contributed by atoms with Crippen molar-refractivity contribution in [1.82, 2.24) is 24.3 Å². The predicted octanol–water partition coefficient (Wildman–Crippen LogP) is 2.89. The second-order valence-corrected chi connectivity index (χ2v) is 6.11. The minimum atomic E-state index is -0.209. The van der Waals surface area contributed by atoms with Crippen LogP contribution in [0.2, 0.25) is 0 Å². The molecule has 0 aliphatic rings. The summed E-state index contributed by atoms with van der Waals surface area (Å²) in [6, 6.07) is 13.1. The molecule has 0 fully saturated rings. The summed E-state index contributed by atoms with van der Waals surface area (Å²) in [4.78, 5) is 22.1. The third-order valence-electron chi connectivity index (χ3n) is 4.42. The Hall–Kier alpha value is -3.48. The largest absolute Gasteiger partial charge is 0.493 e. The molecule has 7 nitrogen and oxygen atoms in total.